The molecular weight excluding hydrogens is 358 g/mol. The molecule has 1 fully saturated rings. The molecule has 0 unspecified atom stereocenters. The number of hydrogen-bond donors (Lipinski definition) is 1. The molecule has 0 saturated carbocycles. The second-order valence-electron chi connectivity index (χ2n) is 6.05. The number of carbonyl (C=O) groups excluding carboxylic acids is 2. The summed E-state index contributed by atoms with van der Waals surface area (Å²) in [5.41, 5.74) is -1.30. The van der Waals surface area contributed by atoms with E-state index >= 15 is 0 Å². The lowest BCUT2D eigenvalue weighted by atomic mass is 9.99. The van der Waals surface area contributed by atoms with Gasteiger partial charge in [0.1, 0.15) is 10.8 Å². The van der Waals surface area contributed by atoms with Crippen LogP contribution < -0.4 is 10.9 Å². The van der Waals surface area contributed by atoms with Crippen LogP contribution in [0.25, 0.3) is 4.96 Å². The first-order valence-electron chi connectivity index (χ1n) is 7.99. The Labute approximate surface area is 151 Å². The Kier molecular flexibility index (Phi) is 3.65. The van der Waals surface area contributed by atoms with Crippen molar-refractivity contribution in [3.05, 3.63) is 51.3 Å². The van der Waals surface area contributed by atoms with Gasteiger partial charge in [-0.3, -0.25) is 14.5 Å². The normalized spacial score (nSPS) is 20.2. The second-order valence-corrected chi connectivity index (χ2v) is 7.09. The van der Waals surface area contributed by atoms with Gasteiger partial charge in [-0.05, 0) is 25.5 Å². The minimum absolute atomic E-state index is 0.105. The van der Waals surface area contributed by atoms with Crippen LogP contribution in [0, 0.1) is 0 Å². The molecule has 134 valence electrons. The summed E-state index contributed by atoms with van der Waals surface area (Å²) in [7, 11) is 0. The van der Waals surface area contributed by atoms with Gasteiger partial charge in [-0.25, -0.2) is 9.78 Å². The first-order valence-corrected chi connectivity index (χ1v) is 8.81. The van der Waals surface area contributed by atoms with Gasteiger partial charge in [-0.2, -0.15) is 9.61 Å². The number of amides is 3. The fourth-order valence-corrected chi connectivity index (χ4v) is 3.71. The minimum atomic E-state index is -1.28. The molecule has 1 aliphatic heterocycles. The van der Waals surface area contributed by atoms with Crippen LogP contribution >= 0.6 is 11.3 Å². The number of nitrogens with zero attached hydrogens (tertiary/aromatic N) is 4. The topological polar surface area (TPSA) is 110 Å². The highest BCUT2D eigenvalue weighted by Gasteiger charge is 2.51. The Morgan fingerprint density at radius 3 is 2.85 bits per heavy atom. The summed E-state index contributed by atoms with van der Waals surface area (Å²) in [6.07, 6.45) is 2.13. The van der Waals surface area contributed by atoms with Gasteiger partial charge in [0.2, 0.25) is 4.96 Å². The summed E-state index contributed by atoms with van der Waals surface area (Å²) in [4.78, 5) is 43.2. The largest absolute Gasteiger partial charge is 0.466 e. The minimum Gasteiger partial charge on any atom is -0.466 e. The van der Waals surface area contributed by atoms with E-state index in [4.69, 9.17) is 4.42 Å². The number of nitrogens with one attached hydrogen (secondary N) is 1. The van der Waals surface area contributed by atoms with Crippen molar-refractivity contribution < 1.29 is 14.0 Å². The molecule has 0 aromatic carbocycles. The van der Waals surface area contributed by atoms with Gasteiger partial charge in [0.25, 0.3) is 11.5 Å². The highest BCUT2D eigenvalue weighted by molar-refractivity contribution is 7.16. The van der Waals surface area contributed by atoms with E-state index in [1.165, 1.54) is 28.2 Å². The van der Waals surface area contributed by atoms with Gasteiger partial charge >= 0.3 is 6.03 Å². The van der Waals surface area contributed by atoms with Crippen LogP contribution in [0.1, 0.15) is 30.3 Å². The van der Waals surface area contributed by atoms with E-state index in [1.54, 1.807) is 19.1 Å². The maximum absolute atomic E-state index is 12.8. The summed E-state index contributed by atoms with van der Waals surface area (Å²) < 4.78 is 6.52. The number of carbonyl (C=O) groups is 2. The average Bonchev–Trinajstić information content (AvgIpc) is 3.31. The number of imide groups is 1. The molecule has 0 bridgehead atoms. The zero-order valence-electron chi connectivity index (χ0n) is 14.1. The van der Waals surface area contributed by atoms with Crippen LogP contribution in [0.5, 0.6) is 0 Å². The number of furan rings is 1. The molecule has 1 aliphatic rings. The van der Waals surface area contributed by atoms with E-state index in [1.807, 2.05) is 6.92 Å². The van der Waals surface area contributed by atoms with Gasteiger partial charge in [-0.1, -0.05) is 18.3 Å². The average molecular weight is 373 g/mol. The first-order chi connectivity index (χ1) is 12.4. The van der Waals surface area contributed by atoms with Crippen LogP contribution in [0.3, 0.4) is 0 Å². The number of rotatable bonds is 4. The Hall–Kier alpha value is -3.01. The van der Waals surface area contributed by atoms with E-state index in [9.17, 15) is 14.4 Å². The second kappa shape index (κ2) is 5.77. The number of hydrogen-bond acceptors (Lipinski definition) is 7. The molecule has 3 amide bonds. The van der Waals surface area contributed by atoms with Crippen LogP contribution in [-0.2, 0) is 23.3 Å². The molecule has 4 rings (SSSR count). The quantitative estimate of drug-likeness (QED) is 0.690. The Morgan fingerprint density at radius 2 is 2.15 bits per heavy atom. The third-order valence-corrected chi connectivity index (χ3v) is 5.30. The molecule has 26 heavy (non-hydrogen) atoms. The van der Waals surface area contributed by atoms with Gasteiger partial charge in [0.15, 0.2) is 5.54 Å². The smallest absolute Gasteiger partial charge is 0.325 e. The molecule has 3 aromatic rings. The molecule has 1 N–H and O–H groups in total. The highest BCUT2D eigenvalue weighted by atomic mass is 32.1. The van der Waals surface area contributed by atoms with Crippen molar-refractivity contribution >= 4 is 28.2 Å². The lowest BCUT2D eigenvalue weighted by Gasteiger charge is -2.18. The summed E-state index contributed by atoms with van der Waals surface area (Å²) in [5, 5.41) is 7.60. The molecule has 4 heterocycles. The van der Waals surface area contributed by atoms with Crippen molar-refractivity contribution in [2.75, 3.05) is 0 Å². The molecule has 3 aromatic heterocycles. The van der Waals surface area contributed by atoms with Crippen LogP contribution in [-0.4, -0.2) is 31.4 Å². The van der Waals surface area contributed by atoms with E-state index in [0.717, 1.165) is 9.91 Å². The lowest BCUT2D eigenvalue weighted by Crippen LogP contribution is -2.40. The predicted molar refractivity (Wildman–Crippen MR) is 91.7 cm³/mol. The maximum atomic E-state index is 12.8. The van der Waals surface area contributed by atoms with Crippen molar-refractivity contribution in [3.8, 4) is 0 Å². The molecule has 1 atom stereocenters. The highest BCUT2D eigenvalue weighted by Crippen LogP contribution is 2.29. The molecule has 0 aliphatic carbocycles. The van der Waals surface area contributed by atoms with E-state index in [2.05, 4.69) is 15.4 Å². The SMILES string of the molecule is CCc1nn2c(=O)cc(CN3C(=O)N[C@](C)(c4ccco4)C3=O)nc2s1. The summed E-state index contributed by atoms with van der Waals surface area (Å²) in [5.74, 6) is -0.116. The van der Waals surface area contributed by atoms with E-state index in [-0.39, 0.29) is 12.1 Å². The fraction of sp³-hybridized carbons (Fsp3) is 0.312. The molecule has 0 spiro atoms. The van der Waals surface area contributed by atoms with Gasteiger partial charge in [0.05, 0.1) is 18.5 Å². The number of urea groups is 1. The van der Waals surface area contributed by atoms with Crippen molar-refractivity contribution in [3.63, 3.8) is 0 Å². The lowest BCUT2D eigenvalue weighted by molar-refractivity contribution is -0.132. The number of aryl methyl sites for hydroxylation is 1. The zero-order chi connectivity index (χ0) is 18.5. The third-order valence-electron chi connectivity index (χ3n) is 4.25. The standard InChI is InChI=1S/C16H15N5O4S/c1-3-11-19-21-12(22)7-9(17-15(21)26-11)8-20-13(23)16(2,18-14(20)24)10-5-4-6-25-10/h4-7H,3,8H2,1-2H3,(H,18,24)/t16-/m1/s1. The summed E-state index contributed by atoms with van der Waals surface area (Å²) in [6, 6.07) is 4.00. The fourth-order valence-electron chi connectivity index (χ4n) is 2.85. The summed E-state index contributed by atoms with van der Waals surface area (Å²) >= 11 is 1.30. The first kappa shape index (κ1) is 16.5. The summed E-state index contributed by atoms with van der Waals surface area (Å²) in [6.45, 7) is 3.41. The molecule has 9 nitrogen and oxygen atoms in total. The monoisotopic (exact) mass is 373 g/mol. The van der Waals surface area contributed by atoms with Crippen molar-refractivity contribution in [2.24, 2.45) is 0 Å². The van der Waals surface area contributed by atoms with Crippen molar-refractivity contribution in [1.82, 2.24) is 24.8 Å². The van der Waals surface area contributed by atoms with E-state index in [0.29, 0.717) is 22.8 Å². The zero-order valence-corrected chi connectivity index (χ0v) is 14.9. The Balaban J connectivity index is 1.67. The van der Waals surface area contributed by atoms with Crippen LogP contribution in [0.15, 0.2) is 33.7 Å². The molecule has 1 saturated heterocycles. The van der Waals surface area contributed by atoms with Crippen LogP contribution in [0.4, 0.5) is 4.79 Å². The third kappa shape index (κ3) is 2.41. The van der Waals surface area contributed by atoms with Gasteiger partial charge in [-0.15, -0.1) is 0 Å². The van der Waals surface area contributed by atoms with Crippen LogP contribution in [0.2, 0.25) is 0 Å². The van der Waals surface area contributed by atoms with Gasteiger partial charge < -0.3 is 9.73 Å². The maximum Gasteiger partial charge on any atom is 0.325 e. The number of fused-ring (bicyclic) bond motifs is 1. The predicted octanol–water partition coefficient (Wildman–Crippen LogP) is 1.27. The Morgan fingerprint density at radius 1 is 1.35 bits per heavy atom. The molecule has 10 heteroatoms. The van der Waals surface area contributed by atoms with Crippen molar-refractivity contribution in [1.29, 1.82) is 0 Å². The Bertz CT molecular complexity index is 1070. The van der Waals surface area contributed by atoms with Crippen molar-refractivity contribution in [2.45, 2.75) is 32.4 Å². The molecular formula is C16H15N5O4S. The molecule has 0 radical (unpaired) electrons. The van der Waals surface area contributed by atoms with E-state index < -0.39 is 17.5 Å². The van der Waals surface area contributed by atoms with Gasteiger partial charge in [0, 0.05) is 6.07 Å². The number of aromatic nitrogens is 3.